The average Bonchev–Trinajstić information content (AvgIpc) is 2.99. The quantitative estimate of drug-likeness (QED) is 0.718. The van der Waals surface area contributed by atoms with Crippen LogP contribution in [0, 0.1) is 0 Å². The van der Waals surface area contributed by atoms with Crippen molar-refractivity contribution in [1.82, 2.24) is 5.48 Å². The van der Waals surface area contributed by atoms with Gasteiger partial charge in [0.05, 0.1) is 12.6 Å². The third kappa shape index (κ3) is 5.12. The summed E-state index contributed by atoms with van der Waals surface area (Å²) in [5, 5.41) is 9.82. The van der Waals surface area contributed by atoms with Gasteiger partial charge in [0.1, 0.15) is 18.5 Å². The van der Waals surface area contributed by atoms with Crippen LogP contribution in [0.25, 0.3) is 0 Å². The van der Waals surface area contributed by atoms with Gasteiger partial charge in [0.25, 0.3) is 0 Å². The Kier molecular flexibility index (Phi) is 6.30. The van der Waals surface area contributed by atoms with Gasteiger partial charge in [0, 0.05) is 0 Å². The molecule has 4 heteroatoms. The summed E-state index contributed by atoms with van der Waals surface area (Å²) in [7, 11) is 0. The van der Waals surface area contributed by atoms with E-state index < -0.39 is 6.10 Å². The molecule has 0 heterocycles. The molecule has 2 rings (SSSR count). The lowest BCUT2D eigenvalue weighted by atomic mass is 10.2. The summed E-state index contributed by atoms with van der Waals surface area (Å²) >= 11 is 0. The number of hydroxylamine groups is 1. The molecule has 0 radical (unpaired) electrons. The van der Waals surface area contributed by atoms with Crippen LogP contribution in [0.5, 0.6) is 5.75 Å². The van der Waals surface area contributed by atoms with Crippen molar-refractivity contribution in [2.75, 3.05) is 13.2 Å². The Morgan fingerprint density at radius 3 is 2.60 bits per heavy atom. The van der Waals surface area contributed by atoms with Crippen molar-refractivity contribution >= 4 is 0 Å². The van der Waals surface area contributed by atoms with E-state index in [0.717, 1.165) is 25.0 Å². The zero-order valence-corrected chi connectivity index (χ0v) is 12.2. The van der Waals surface area contributed by atoms with Gasteiger partial charge in [-0.1, -0.05) is 31.9 Å². The minimum absolute atomic E-state index is 0.270. The third-order valence-corrected chi connectivity index (χ3v) is 3.65. The van der Waals surface area contributed by atoms with E-state index >= 15 is 0 Å². The molecule has 1 aliphatic carbocycles. The van der Waals surface area contributed by atoms with Crippen molar-refractivity contribution in [1.29, 1.82) is 0 Å². The molecule has 0 aromatic heterocycles. The summed E-state index contributed by atoms with van der Waals surface area (Å²) in [6.07, 6.45) is 5.47. The van der Waals surface area contributed by atoms with Gasteiger partial charge in [-0.25, -0.2) is 0 Å². The fourth-order valence-electron chi connectivity index (χ4n) is 2.34. The lowest BCUT2D eigenvalue weighted by Crippen LogP contribution is -2.33. The Hall–Kier alpha value is -1.10. The standard InChI is InChI=1S/C16H25NO3/c1-2-13-7-9-15(10-8-13)19-12-14(18)11-17-20-16-5-3-4-6-16/h7-10,14,16-18H,2-6,11-12H2,1H3. The number of aliphatic hydroxyl groups is 1. The Bertz CT molecular complexity index is 374. The largest absolute Gasteiger partial charge is 0.491 e. The molecule has 2 N–H and O–H groups in total. The molecule has 0 amide bonds. The first-order chi connectivity index (χ1) is 9.78. The highest BCUT2D eigenvalue weighted by Crippen LogP contribution is 2.19. The topological polar surface area (TPSA) is 50.7 Å². The van der Waals surface area contributed by atoms with Crippen molar-refractivity contribution in [3.05, 3.63) is 29.8 Å². The predicted octanol–water partition coefficient (Wildman–Crippen LogP) is 2.45. The second kappa shape index (κ2) is 8.25. The summed E-state index contributed by atoms with van der Waals surface area (Å²) < 4.78 is 5.54. The fourth-order valence-corrected chi connectivity index (χ4v) is 2.34. The monoisotopic (exact) mass is 279 g/mol. The van der Waals surface area contributed by atoms with Crippen LogP contribution in [0.3, 0.4) is 0 Å². The molecular weight excluding hydrogens is 254 g/mol. The van der Waals surface area contributed by atoms with Gasteiger partial charge in [-0.15, -0.1) is 0 Å². The van der Waals surface area contributed by atoms with Gasteiger partial charge in [0.15, 0.2) is 0 Å². The van der Waals surface area contributed by atoms with Gasteiger partial charge < -0.3 is 9.84 Å². The number of aliphatic hydroxyl groups excluding tert-OH is 1. The molecule has 0 aliphatic heterocycles. The van der Waals surface area contributed by atoms with Crippen molar-refractivity contribution in [3.8, 4) is 5.75 Å². The molecule has 0 saturated heterocycles. The molecule has 0 spiro atoms. The number of aryl methyl sites for hydroxylation is 1. The number of hydrogen-bond acceptors (Lipinski definition) is 4. The van der Waals surface area contributed by atoms with Crippen LogP contribution in [0.4, 0.5) is 0 Å². The van der Waals surface area contributed by atoms with Crippen molar-refractivity contribution in [2.24, 2.45) is 0 Å². The number of nitrogens with one attached hydrogen (secondary N) is 1. The van der Waals surface area contributed by atoms with E-state index in [1.54, 1.807) is 0 Å². The smallest absolute Gasteiger partial charge is 0.119 e. The van der Waals surface area contributed by atoms with Crippen LogP contribution in [0.1, 0.15) is 38.2 Å². The molecule has 1 aliphatic rings. The van der Waals surface area contributed by atoms with Gasteiger partial charge in [-0.2, -0.15) is 5.48 Å². The zero-order valence-electron chi connectivity index (χ0n) is 12.2. The minimum atomic E-state index is -0.567. The van der Waals surface area contributed by atoms with Crippen LogP contribution in [0.2, 0.25) is 0 Å². The van der Waals surface area contributed by atoms with Crippen LogP contribution < -0.4 is 10.2 Å². The molecule has 1 atom stereocenters. The number of ether oxygens (including phenoxy) is 1. The third-order valence-electron chi connectivity index (χ3n) is 3.65. The molecule has 0 bridgehead atoms. The molecule has 4 nitrogen and oxygen atoms in total. The van der Waals surface area contributed by atoms with E-state index in [1.165, 1.54) is 18.4 Å². The van der Waals surface area contributed by atoms with Crippen molar-refractivity contribution in [3.63, 3.8) is 0 Å². The van der Waals surface area contributed by atoms with E-state index in [4.69, 9.17) is 9.57 Å². The highest BCUT2D eigenvalue weighted by molar-refractivity contribution is 5.27. The fraction of sp³-hybridized carbons (Fsp3) is 0.625. The lowest BCUT2D eigenvalue weighted by molar-refractivity contribution is -0.0417. The van der Waals surface area contributed by atoms with Gasteiger partial charge in [-0.3, -0.25) is 4.84 Å². The van der Waals surface area contributed by atoms with E-state index in [0.29, 0.717) is 12.6 Å². The van der Waals surface area contributed by atoms with Gasteiger partial charge in [0.2, 0.25) is 0 Å². The first-order valence-corrected chi connectivity index (χ1v) is 7.56. The Balaban J connectivity index is 1.59. The molecule has 1 unspecified atom stereocenters. The molecule has 1 saturated carbocycles. The first kappa shape index (κ1) is 15.3. The summed E-state index contributed by atoms with van der Waals surface area (Å²) in [6, 6.07) is 7.97. The number of rotatable bonds is 8. The van der Waals surface area contributed by atoms with Crippen LogP contribution >= 0.6 is 0 Å². The molecular formula is C16H25NO3. The normalized spacial score (nSPS) is 17.3. The number of benzene rings is 1. The average molecular weight is 279 g/mol. The maximum atomic E-state index is 9.82. The minimum Gasteiger partial charge on any atom is -0.491 e. The van der Waals surface area contributed by atoms with Crippen LogP contribution in [-0.2, 0) is 11.3 Å². The number of hydrogen-bond donors (Lipinski definition) is 2. The maximum Gasteiger partial charge on any atom is 0.119 e. The first-order valence-electron chi connectivity index (χ1n) is 7.56. The highest BCUT2D eigenvalue weighted by Gasteiger charge is 2.16. The van der Waals surface area contributed by atoms with E-state index in [9.17, 15) is 5.11 Å². The summed E-state index contributed by atoms with van der Waals surface area (Å²) in [5.74, 6) is 0.790. The molecule has 1 fully saturated rings. The van der Waals surface area contributed by atoms with Crippen LogP contribution in [0.15, 0.2) is 24.3 Å². The van der Waals surface area contributed by atoms with E-state index in [1.807, 2.05) is 24.3 Å². The lowest BCUT2D eigenvalue weighted by Gasteiger charge is -2.15. The Morgan fingerprint density at radius 1 is 1.25 bits per heavy atom. The van der Waals surface area contributed by atoms with Crippen LogP contribution in [-0.4, -0.2) is 30.5 Å². The molecule has 1 aromatic carbocycles. The SMILES string of the molecule is CCc1ccc(OCC(O)CNOC2CCCC2)cc1. The summed E-state index contributed by atoms with van der Waals surface area (Å²) in [4.78, 5) is 5.49. The van der Waals surface area contributed by atoms with Crippen molar-refractivity contribution in [2.45, 2.75) is 51.2 Å². The second-order valence-electron chi connectivity index (χ2n) is 5.34. The van der Waals surface area contributed by atoms with E-state index in [2.05, 4.69) is 12.4 Å². The second-order valence-corrected chi connectivity index (χ2v) is 5.34. The maximum absolute atomic E-state index is 9.82. The molecule has 1 aromatic rings. The van der Waals surface area contributed by atoms with Gasteiger partial charge >= 0.3 is 0 Å². The Morgan fingerprint density at radius 2 is 1.95 bits per heavy atom. The highest BCUT2D eigenvalue weighted by atomic mass is 16.7. The molecule has 112 valence electrons. The predicted molar refractivity (Wildman–Crippen MR) is 78.7 cm³/mol. The molecule has 20 heavy (non-hydrogen) atoms. The van der Waals surface area contributed by atoms with Crippen molar-refractivity contribution < 1.29 is 14.7 Å². The summed E-state index contributed by atoms with van der Waals surface area (Å²) in [6.45, 7) is 2.78. The zero-order chi connectivity index (χ0) is 14.2. The van der Waals surface area contributed by atoms with E-state index in [-0.39, 0.29) is 6.61 Å². The summed E-state index contributed by atoms with van der Waals surface area (Å²) in [5.41, 5.74) is 4.13. The van der Waals surface area contributed by atoms with Gasteiger partial charge in [-0.05, 0) is 37.0 Å². The Labute approximate surface area is 121 Å².